The Labute approximate surface area is 159 Å². The molecule has 0 bridgehead atoms. The quantitative estimate of drug-likeness (QED) is 0.679. The third-order valence-corrected chi connectivity index (χ3v) is 4.27. The molecule has 0 radical (unpaired) electrons. The third kappa shape index (κ3) is 4.82. The predicted molar refractivity (Wildman–Crippen MR) is 108 cm³/mol. The molecule has 3 rings (SSSR count). The lowest BCUT2D eigenvalue weighted by atomic mass is 9.98. The lowest BCUT2D eigenvalue weighted by Crippen LogP contribution is -2.29. The average molecular weight is 358 g/mol. The SMILES string of the molecule is CCC(=O)Nc1cccc(C(=O)NC(c2ccccc2)c2ccccc2)c1. The molecule has 0 unspecified atom stereocenters. The van der Waals surface area contributed by atoms with Gasteiger partial charge < -0.3 is 10.6 Å². The van der Waals surface area contributed by atoms with Crippen molar-refractivity contribution < 1.29 is 9.59 Å². The van der Waals surface area contributed by atoms with E-state index in [1.54, 1.807) is 31.2 Å². The van der Waals surface area contributed by atoms with Crippen LogP contribution in [-0.4, -0.2) is 11.8 Å². The van der Waals surface area contributed by atoms with Gasteiger partial charge in [0.05, 0.1) is 6.04 Å². The van der Waals surface area contributed by atoms with Crippen molar-refractivity contribution in [1.29, 1.82) is 0 Å². The summed E-state index contributed by atoms with van der Waals surface area (Å²) in [7, 11) is 0. The van der Waals surface area contributed by atoms with Crippen LogP contribution in [0.25, 0.3) is 0 Å². The summed E-state index contributed by atoms with van der Waals surface area (Å²) in [5.41, 5.74) is 3.13. The zero-order valence-electron chi connectivity index (χ0n) is 15.2. The summed E-state index contributed by atoms with van der Waals surface area (Å²) < 4.78 is 0. The second kappa shape index (κ2) is 8.81. The van der Waals surface area contributed by atoms with Crippen molar-refractivity contribution >= 4 is 17.5 Å². The number of nitrogens with one attached hydrogen (secondary N) is 2. The Morgan fingerprint density at radius 1 is 0.815 bits per heavy atom. The van der Waals surface area contributed by atoms with Crippen LogP contribution in [0.15, 0.2) is 84.9 Å². The fourth-order valence-corrected chi connectivity index (χ4v) is 2.85. The Hall–Kier alpha value is -3.40. The average Bonchev–Trinajstić information content (AvgIpc) is 2.73. The summed E-state index contributed by atoms with van der Waals surface area (Å²) in [4.78, 5) is 24.5. The van der Waals surface area contributed by atoms with Crippen LogP contribution in [0.1, 0.15) is 40.9 Å². The number of benzene rings is 3. The van der Waals surface area contributed by atoms with Gasteiger partial charge in [0.15, 0.2) is 0 Å². The van der Waals surface area contributed by atoms with Crippen molar-refractivity contribution in [2.45, 2.75) is 19.4 Å². The van der Waals surface area contributed by atoms with Crippen LogP contribution in [0.4, 0.5) is 5.69 Å². The second-order valence-electron chi connectivity index (χ2n) is 6.21. The number of amides is 2. The highest BCUT2D eigenvalue weighted by Crippen LogP contribution is 2.22. The maximum absolute atomic E-state index is 12.9. The molecule has 4 nitrogen and oxygen atoms in total. The molecule has 2 N–H and O–H groups in total. The highest BCUT2D eigenvalue weighted by Gasteiger charge is 2.17. The van der Waals surface area contributed by atoms with Gasteiger partial charge in [-0.05, 0) is 29.3 Å². The summed E-state index contributed by atoms with van der Waals surface area (Å²) in [6.45, 7) is 1.79. The van der Waals surface area contributed by atoms with Crippen LogP contribution in [0.2, 0.25) is 0 Å². The number of anilines is 1. The normalized spacial score (nSPS) is 10.4. The molecule has 0 aromatic heterocycles. The van der Waals surface area contributed by atoms with Crippen LogP contribution in [0.5, 0.6) is 0 Å². The molecule has 0 fully saturated rings. The van der Waals surface area contributed by atoms with Crippen LogP contribution in [0, 0.1) is 0 Å². The van der Waals surface area contributed by atoms with Crippen molar-refractivity contribution in [2.75, 3.05) is 5.32 Å². The molecule has 0 saturated heterocycles. The molecule has 0 saturated carbocycles. The summed E-state index contributed by atoms with van der Waals surface area (Å²) in [6.07, 6.45) is 0.389. The van der Waals surface area contributed by atoms with E-state index in [0.29, 0.717) is 17.7 Å². The zero-order chi connectivity index (χ0) is 19.1. The Bertz CT molecular complexity index is 868. The summed E-state index contributed by atoms with van der Waals surface area (Å²) in [5.74, 6) is -0.278. The number of hydrogen-bond acceptors (Lipinski definition) is 2. The van der Waals surface area contributed by atoms with Gasteiger partial charge in [-0.3, -0.25) is 9.59 Å². The zero-order valence-corrected chi connectivity index (χ0v) is 15.2. The van der Waals surface area contributed by atoms with E-state index >= 15 is 0 Å². The van der Waals surface area contributed by atoms with E-state index in [1.165, 1.54) is 0 Å². The fraction of sp³-hybridized carbons (Fsp3) is 0.130. The largest absolute Gasteiger partial charge is 0.341 e. The van der Waals surface area contributed by atoms with E-state index in [1.807, 2.05) is 60.7 Å². The standard InChI is InChI=1S/C23H22N2O2/c1-2-21(26)24-20-15-9-14-19(16-20)23(27)25-22(17-10-5-3-6-11-17)18-12-7-4-8-13-18/h3-16,22H,2H2,1H3,(H,24,26)(H,25,27). The van der Waals surface area contributed by atoms with Gasteiger partial charge in [-0.1, -0.05) is 73.7 Å². The van der Waals surface area contributed by atoms with Crippen molar-refractivity contribution in [3.8, 4) is 0 Å². The van der Waals surface area contributed by atoms with Gasteiger partial charge in [-0.15, -0.1) is 0 Å². The van der Waals surface area contributed by atoms with Gasteiger partial charge >= 0.3 is 0 Å². The minimum absolute atomic E-state index is 0.0843. The van der Waals surface area contributed by atoms with E-state index < -0.39 is 0 Å². The van der Waals surface area contributed by atoms with Crippen LogP contribution >= 0.6 is 0 Å². The summed E-state index contributed by atoms with van der Waals surface area (Å²) >= 11 is 0. The Morgan fingerprint density at radius 2 is 1.41 bits per heavy atom. The molecule has 4 heteroatoms. The molecule has 0 spiro atoms. The number of carbonyl (C=O) groups excluding carboxylic acids is 2. The fourth-order valence-electron chi connectivity index (χ4n) is 2.85. The first kappa shape index (κ1) is 18.4. The van der Waals surface area contributed by atoms with Crippen LogP contribution < -0.4 is 10.6 Å². The van der Waals surface area contributed by atoms with Crippen molar-refractivity contribution in [2.24, 2.45) is 0 Å². The van der Waals surface area contributed by atoms with Crippen LogP contribution in [0.3, 0.4) is 0 Å². The van der Waals surface area contributed by atoms with Gasteiger partial charge in [-0.25, -0.2) is 0 Å². The molecule has 27 heavy (non-hydrogen) atoms. The number of hydrogen-bond donors (Lipinski definition) is 2. The molecule has 3 aromatic rings. The van der Waals surface area contributed by atoms with E-state index in [2.05, 4.69) is 10.6 Å². The van der Waals surface area contributed by atoms with Gasteiger partial charge in [-0.2, -0.15) is 0 Å². The minimum atomic E-state index is -0.256. The van der Waals surface area contributed by atoms with Gasteiger partial charge in [0.1, 0.15) is 0 Å². The molecule has 136 valence electrons. The topological polar surface area (TPSA) is 58.2 Å². The summed E-state index contributed by atoms with van der Waals surface area (Å²) in [5, 5.41) is 5.89. The molecular weight excluding hydrogens is 336 g/mol. The van der Waals surface area contributed by atoms with Crippen molar-refractivity contribution in [1.82, 2.24) is 5.32 Å². The monoisotopic (exact) mass is 358 g/mol. The maximum atomic E-state index is 12.9. The molecule has 0 aliphatic carbocycles. The smallest absolute Gasteiger partial charge is 0.252 e. The van der Waals surface area contributed by atoms with E-state index in [-0.39, 0.29) is 17.9 Å². The van der Waals surface area contributed by atoms with E-state index in [4.69, 9.17) is 0 Å². The lowest BCUT2D eigenvalue weighted by molar-refractivity contribution is -0.115. The van der Waals surface area contributed by atoms with Gasteiger partial charge in [0.2, 0.25) is 5.91 Å². The molecule has 0 atom stereocenters. The number of rotatable bonds is 6. The Morgan fingerprint density at radius 3 is 1.96 bits per heavy atom. The van der Waals surface area contributed by atoms with Gasteiger partial charge in [0, 0.05) is 17.7 Å². The third-order valence-electron chi connectivity index (χ3n) is 4.27. The first-order chi connectivity index (χ1) is 13.2. The first-order valence-electron chi connectivity index (χ1n) is 8.98. The van der Waals surface area contributed by atoms with E-state index in [0.717, 1.165) is 11.1 Å². The lowest BCUT2D eigenvalue weighted by Gasteiger charge is -2.20. The Kier molecular flexibility index (Phi) is 6.00. The molecule has 0 aliphatic rings. The Balaban J connectivity index is 1.85. The highest BCUT2D eigenvalue weighted by molar-refractivity contribution is 5.97. The highest BCUT2D eigenvalue weighted by atomic mass is 16.2. The molecule has 0 heterocycles. The second-order valence-corrected chi connectivity index (χ2v) is 6.21. The summed E-state index contributed by atoms with van der Waals surface area (Å²) in [6, 6.07) is 26.4. The maximum Gasteiger partial charge on any atom is 0.252 e. The van der Waals surface area contributed by atoms with Gasteiger partial charge in [0.25, 0.3) is 5.91 Å². The molecule has 3 aromatic carbocycles. The predicted octanol–water partition coefficient (Wildman–Crippen LogP) is 4.55. The van der Waals surface area contributed by atoms with Crippen LogP contribution in [-0.2, 0) is 4.79 Å². The molecule has 0 aliphatic heterocycles. The first-order valence-corrected chi connectivity index (χ1v) is 8.98. The molecule has 2 amide bonds. The number of carbonyl (C=O) groups is 2. The van der Waals surface area contributed by atoms with Crippen molar-refractivity contribution in [3.05, 3.63) is 102 Å². The molecular formula is C23H22N2O2. The minimum Gasteiger partial charge on any atom is -0.341 e. The van der Waals surface area contributed by atoms with E-state index in [9.17, 15) is 9.59 Å². The van der Waals surface area contributed by atoms with Crippen molar-refractivity contribution in [3.63, 3.8) is 0 Å².